The van der Waals surface area contributed by atoms with Gasteiger partial charge in [0.05, 0.1) is 12.2 Å². The van der Waals surface area contributed by atoms with E-state index in [0.717, 1.165) is 18.1 Å². The van der Waals surface area contributed by atoms with Gasteiger partial charge in [-0.3, -0.25) is 0 Å². The molecule has 156 valence electrons. The third-order valence-electron chi connectivity index (χ3n) is 4.39. The molecule has 0 spiro atoms. The monoisotopic (exact) mass is 522 g/mol. The summed E-state index contributed by atoms with van der Waals surface area (Å²) >= 11 is 0. The average Bonchev–Trinajstić information content (AvgIpc) is 3.30. The first-order valence-electron chi connectivity index (χ1n) is 8.99. The Labute approximate surface area is 182 Å². The molecule has 11 heteroatoms. The van der Waals surface area contributed by atoms with Gasteiger partial charge < -0.3 is 19.3 Å². The van der Waals surface area contributed by atoms with Crippen molar-refractivity contribution in [1.82, 2.24) is 24.2 Å². The smallest absolute Gasteiger partial charge is 0.220 e. The number of rotatable bonds is 6. The summed E-state index contributed by atoms with van der Waals surface area (Å²) in [5.74, 6) is 0.681. The molecule has 1 saturated heterocycles. The van der Waals surface area contributed by atoms with Crippen molar-refractivity contribution in [2.45, 2.75) is 19.2 Å². The lowest BCUT2D eigenvalue weighted by Gasteiger charge is -2.35. The fraction of sp³-hybridized carbons (Fsp3) is 0.529. The van der Waals surface area contributed by atoms with Crippen LogP contribution >= 0.6 is 24.0 Å². The molecular weight excluding hydrogens is 495 g/mol. The maximum atomic E-state index is 12.5. The zero-order valence-corrected chi connectivity index (χ0v) is 19.3. The number of hydrogen-bond acceptors (Lipinski definition) is 5. The Balaban J connectivity index is 0.00000280. The van der Waals surface area contributed by atoms with Crippen LogP contribution in [0.25, 0.3) is 0 Å². The lowest BCUT2D eigenvalue weighted by atomic mass is 10.3. The summed E-state index contributed by atoms with van der Waals surface area (Å²) < 4.78 is 33.3. The Morgan fingerprint density at radius 2 is 2.04 bits per heavy atom. The molecule has 1 aliphatic rings. The van der Waals surface area contributed by atoms with Gasteiger partial charge in [0.15, 0.2) is 5.96 Å². The highest BCUT2D eigenvalue weighted by molar-refractivity contribution is 14.0. The van der Waals surface area contributed by atoms with E-state index in [-0.39, 0.29) is 29.7 Å². The Kier molecular flexibility index (Phi) is 8.31. The maximum absolute atomic E-state index is 12.5. The number of aromatic nitrogens is 2. The van der Waals surface area contributed by atoms with Crippen LogP contribution in [0, 0.1) is 0 Å². The van der Waals surface area contributed by atoms with Crippen LogP contribution in [0.5, 0.6) is 0 Å². The van der Waals surface area contributed by atoms with E-state index in [4.69, 9.17) is 9.52 Å². The van der Waals surface area contributed by atoms with Crippen LogP contribution in [0.2, 0.25) is 0 Å². The minimum Gasteiger partial charge on any atom is -0.364 e. The van der Waals surface area contributed by atoms with Crippen molar-refractivity contribution in [2.75, 3.05) is 32.7 Å². The van der Waals surface area contributed by atoms with Crippen LogP contribution in [0.15, 0.2) is 40.3 Å². The van der Waals surface area contributed by atoms with Gasteiger partial charge in [-0.15, -0.1) is 24.0 Å². The predicted molar refractivity (Wildman–Crippen MR) is 118 cm³/mol. The molecule has 2 aromatic heterocycles. The number of aliphatic imine (C=N–C) groups is 1. The summed E-state index contributed by atoms with van der Waals surface area (Å²) in [4.78, 5) is 6.80. The van der Waals surface area contributed by atoms with E-state index in [2.05, 4.69) is 15.4 Å². The summed E-state index contributed by atoms with van der Waals surface area (Å²) in [6.07, 6.45) is 5.42. The molecule has 3 rings (SSSR count). The molecule has 0 saturated carbocycles. The number of nitrogens with one attached hydrogen (secondary N) is 1. The number of piperazine rings is 1. The molecule has 1 aliphatic heterocycles. The molecule has 0 atom stereocenters. The Morgan fingerprint density at radius 3 is 2.61 bits per heavy atom. The fourth-order valence-electron chi connectivity index (χ4n) is 3.01. The first-order valence-corrected chi connectivity index (χ1v) is 10.6. The van der Waals surface area contributed by atoms with E-state index in [0.29, 0.717) is 38.4 Å². The van der Waals surface area contributed by atoms with Crippen LogP contribution < -0.4 is 5.32 Å². The van der Waals surface area contributed by atoms with Crippen LogP contribution in [0.3, 0.4) is 0 Å². The van der Waals surface area contributed by atoms with Crippen molar-refractivity contribution in [2.24, 2.45) is 12.0 Å². The third-order valence-corrected chi connectivity index (χ3v) is 6.21. The molecule has 0 unspecified atom stereocenters. The lowest BCUT2D eigenvalue weighted by Crippen LogP contribution is -2.53. The molecule has 0 radical (unpaired) electrons. The number of nitrogens with zero attached hydrogens (tertiary/aromatic N) is 5. The predicted octanol–water partition coefficient (Wildman–Crippen LogP) is 1.24. The molecule has 9 nitrogen and oxygen atoms in total. The van der Waals surface area contributed by atoms with E-state index in [1.165, 1.54) is 10.6 Å². The zero-order chi connectivity index (χ0) is 19.3. The average molecular weight is 522 g/mol. The number of aryl methyl sites for hydroxylation is 1. The third kappa shape index (κ3) is 5.95. The van der Waals surface area contributed by atoms with E-state index in [1.807, 2.05) is 37.0 Å². The number of sulfonamides is 1. The normalized spacial score (nSPS) is 16.1. The maximum Gasteiger partial charge on any atom is 0.220 e. The van der Waals surface area contributed by atoms with E-state index in [1.54, 1.807) is 6.07 Å². The number of hydrogen-bond donors (Lipinski definition) is 1. The summed E-state index contributed by atoms with van der Waals surface area (Å²) in [6, 6.07) is 3.62. The summed E-state index contributed by atoms with van der Waals surface area (Å²) in [5, 5.41) is 6.99. The van der Waals surface area contributed by atoms with Gasteiger partial charge in [-0.1, -0.05) is 5.16 Å². The van der Waals surface area contributed by atoms with Crippen molar-refractivity contribution in [3.8, 4) is 0 Å². The second-order valence-corrected chi connectivity index (χ2v) is 8.46. The van der Waals surface area contributed by atoms with Crippen molar-refractivity contribution < 1.29 is 12.9 Å². The van der Waals surface area contributed by atoms with Crippen LogP contribution in [0.4, 0.5) is 0 Å². The molecule has 0 amide bonds. The minimum absolute atomic E-state index is 0. The van der Waals surface area contributed by atoms with Gasteiger partial charge in [-0.05, 0) is 18.6 Å². The molecule has 1 fully saturated rings. The molecule has 0 aromatic carbocycles. The first-order chi connectivity index (χ1) is 13.0. The van der Waals surface area contributed by atoms with Crippen molar-refractivity contribution >= 4 is 40.0 Å². The van der Waals surface area contributed by atoms with Gasteiger partial charge in [0.25, 0.3) is 0 Å². The quantitative estimate of drug-likeness (QED) is 0.349. The highest BCUT2D eigenvalue weighted by Gasteiger charge is 2.28. The van der Waals surface area contributed by atoms with Gasteiger partial charge in [0.1, 0.15) is 12.0 Å². The number of halogens is 1. The van der Waals surface area contributed by atoms with Gasteiger partial charge in [0, 0.05) is 58.2 Å². The van der Waals surface area contributed by atoms with Crippen molar-refractivity contribution in [3.05, 3.63) is 42.0 Å². The first kappa shape index (κ1) is 22.7. The number of guanidine groups is 1. The van der Waals surface area contributed by atoms with Gasteiger partial charge in [0.2, 0.25) is 10.0 Å². The second kappa shape index (κ2) is 10.3. The van der Waals surface area contributed by atoms with E-state index in [9.17, 15) is 8.42 Å². The molecule has 3 heterocycles. The van der Waals surface area contributed by atoms with Crippen molar-refractivity contribution in [3.63, 3.8) is 0 Å². The zero-order valence-electron chi connectivity index (χ0n) is 16.1. The topological polar surface area (TPSA) is 96.0 Å². The summed E-state index contributed by atoms with van der Waals surface area (Å²) in [6.45, 7) is 5.42. The van der Waals surface area contributed by atoms with Crippen molar-refractivity contribution in [1.29, 1.82) is 0 Å². The molecule has 2 aromatic rings. The van der Waals surface area contributed by atoms with Gasteiger partial charge in [-0.2, -0.15) is 4.31 Å². The lowest BCUT2D eigenvalue weighted by molar-refractivity contribution is 0.259. The second-order valence-electron chi connectivity index (χ2n) is 6.49. The van der Waals surface area contributed by atoms with Crippen LogP contribution in [-0.2, 0) is 29.4 Å². The molecule has 0 bridgehead atoms. The highest BCUT2D eigenvalue weighted by Crippen LogP contribution is 2.13. The minimum atomic E-state index is -3.40. The Bertz CT molecular complexity index is 857. The SMILES string of the molecule is CCNC(=NCc1ccn(C)c1)N1CCN(S(=O)(=O)Cc2ccon2)CC1.I. The van der Waals surface area contributed by atoms with Gasteiger partial charge in [-0.25, -0.2) is 13.4 Å². The molecule has 0 aliphatic carbocycles. The molecule has 1 N–H and O–H groups in total. The largest absolute Gasteiger partial charge is 0.364 e. The summed E-state index contributed by atoms with van der Waals surface area (Å²) in [5.41, 5.74) is 1.57. The Hall–Kier alpha value is -1.60. The van der Waals surface area contributed by atoms with Gasteiger partial charge >= 0.3 is 0 Å². The molecular formula is C17H27IN6O3S. The fourth-order valence-corrected chi connectivity index (χ4v) is 4.44. The summed E-state index contributed by atoms with van der Waals surface area (Å²) in [7, 11) is -1.42. The van der Waals surface area contributed by atoms with Crippen LogP contribution in [-0.4, -0.2) is 66.0 Å². The Morgan fingerprint density at radius 1 is 1.29 bits per heavy atom. The van der Waals surface area contributed by atoms with Crippen LogP contribution in [0.1, 0.15) is 18.2 Å². The highest BCUT2D eigenvalue weighted by atomic mass is 127. The standard InChI is InChI=1S/C17H26N6O3S.HI/c1-3-18-17(19-12-15-4-6-21(2)13-15)22-7-9-23(10-8-22)27(24,25)14-16-5-11-26-20-16;/h4-6,11,13H,3,7-10,12,14H2,1-2H3,(H,18,19);1H. The van der Waals surface area contributed by atoms with E-state index >= 15 is 0 Å². The van der Waals surface area contributed by atoms with E-state index < -0.39 is 10.0 Å². The molecule has 28 heavy (non-hydrogen) atoms.